The van der Waals surface area contributed by atoms with Crippen LogP contribution in [0, 0.1) is 0 Å². The maximum absolute atomic E-state index is 6.80. The Bertz CT molecular complexity index is 4100. The molecule has 0 aliphatic heterocycles. The molecular weight excluding hydrogens is 801 g/mol. The molecule has 11 aromatic carbocycles. The summed E-state index contributed by atoms with van der Waals surface area (Å²) < 4.78 is 9.23. The second-order valence-corrected chi connectivity index (χ2v) is 18.4. The van der Waals surface area contributed by atoms with Crippen LogP contribution in [0.3, 0.4) is 0 Å². The van der Waals surface area contributed by atoms with E-state index in [0.717, 1.165) is 55.7 Å². The molecule has 0 atom stereocenters. The zero-order valence-corrected chi connectivity index (χ0v) is 36.6. The number of rotatable bonds is 5. The largest absolute Gasteiger partial charge is 0.456 e. The number of aromatic nitrogens is 1. The Morgan fingerprint density at radius 3 is 1.71 bits per heavy atom. The Labute approximate surface area is 382 Å². The van der Waals surface area contributed by atoms with Crippen molar-refractivity contribution in [3.63, 3.8) is 0 Å². The quantitative estimate of drug-likeness (QED) is 0.161. The van der Waals surface area contributed by atoms with E-state index < -0.39 is 0 Å². The number of benzene rings is 11. The van der Waals surface area contributed by atoms with E-state index in [-0.39, 0.29) is 5.41 Å². The molecule has 0 radical (unpaired) electrons. The summed E-state index contributed by atoms with van der Waals surface area (Å²) in [5.74, 6) is 0. The molecule has 0 unspecified atom stereocenters. The molecule has 66 heavy (non-hydrogen) atoms. The highest BCUT2D eigenvalue weighted by Crippen LogP contribution is 2.52. The van der Waals surface area contributed by atoms with Crippen LogP contribution in [0.2, 0.25) is 0 Å². The van der Waals surface area contributed by atoms with Gasteiger partial charge in [-0.2, -0.15) is 0 Å². The third-order valence-electron chi connectivity index (χ3n) is 14.5. The van der Waals surface area contributed by atoms with Gasteiger partial charge < -0.3 is 13.9 Å². The van der Waals surface area contributed by atoms with E-state index in [1.54, 1.807) is 0 Å². The molecule has 310 valence electrons. The van der Waals surface area contributed by atoms with Crippen LogP contribution in [0.25, 0.3) is 104 Å². The zero-order valence-electron chi connectivity index (χ0n) is 36.6. The minimum atomic E-state index is -0.133. The van der Waals surface area contributed by atoms with Crippen LogP contribution in [-0.4, -0.2) is 4.57 Å². The fraction of sp³-hybridized carbons (Fsp3) is 0.0476. The number of fused-ring (bicyclic) bond motifs is 15. The summed E-state index contributed by atoms with van der Waals surface area (Å²) in [4.78, 5) is 2.38. The van der Waals surface area contributed by atoms with E-state index in [9.17, 15) is 0 Å². The van der Waals surface area contributed by atoms with Gasteiger partial charge in [0, 0.05) is 61.3 Å². The molecule has 0 amide bonds. The van der Waals surface area contributed by atoms with Gasteiger partial charge in [-0.3, -0.25) is 0 Å². The SMILES string of the molecule is CC1(C)c2ccccc2-c2ccc(-c3c4c(cc5c3c3ccccc3n5-c3ccc(N(c5ccccc5)c5ccc6c7ccccc7c7ccccc7c6c5)cc3)oc3ccccc34)cc21. The lowest BCUT2D eigenvalue weighted by atomic mass is 9.81. The average molecular weight is 843 g/mol. The lowest BCUT2D eigenvalue weighted by Gasteiger charge is -2.26. The minimum Gasteiger partial charge on any atom is -0.456 e. The van der Waals surface area contributed by atoms with Crippen molar-refractivity contribution < 1.29 is 4.42 Å². The maximum Gasteiger partial charge on any atom is 0.138 e. The van der Waals surface area contributed by atoms with Crippen LogP contribution in [0.1, 0.15) is 25.0 Å². The van der Waals surface area contributed by atoms with Gasteiger partial charge in [0.25, 0.3) is 0 Å². The number of anilines is 3. The first-order valence-corrected chi connectivity index (χ1v) is 22.9. The van der Waals surface area contributed by atoms with Crippen molar-refractivity contribution in [2.24, 2.45) is 0 Å². The van der Waals surface area contributed by atoms with Crippen LogP contribution in [0.4, 0.5) is 17.1 Å². The summed E-state index contributed by atoms with van der Waals surface area (Å²) >= 11 is 0. The Kier molecular flexibility index (Phi) is 7.74. The zero-order chi connectivity index (χ0) is 43.7. The summed E-state index contributed by atoms with van der Waals surface area (Å²) in [7, 11) is 0. The van der Waals surface area contributed by atoms with Gasteiger partial charge >= 0.3 is 0 Å². The molecule has 0 bridgehead atoms. The molecule has 0 saturated heterocycles. The van der Waals surface area contributed by atoms with E-state index in [2.05, 4.69) is 242 Å². The summed E-state index contributed by atoms with van der Waals surface area (Å²) in [6.07, 6.45) is 0. The molecular formula is C63H42N2O. The summed E-state index contributed by atoms with van der Waals surface area (Å²) in [6, 6.07) is 80.0. The Hall–Kier alpha value is -8.40. The van der Waals surface area contributed by atoms with Crippen molar-refractivity contribution in [2.45, 2.75) is 19.3 Å². The molecule has 1 aliphatic rings. The third-order valence-corrected chi connectivity index (χ3v) is 14.5. The van der Waals surface area contributed by atoms with Gasteiger partial charge in [0.15, 0.2) is 0 Å². The molecule has 1 aliphatic carbocycles. The second kappa shape index (κ2) is 13.8. The number of nitrogens with zero attached hydrogens (tertiary/aromatic N) is 2. The van der Waals surface area contributed by atoms with Gasteiger partial charge in [-0.05, 0) is 127 Å². The van der Waals surface area contributed by atoms with E-state index in [1.165, 1.54) is 76.5 Å². The highest BCUT2D eigenvalue weighted by molar-refractivity contribution is 6.28. The van der Waals surface area contributed by atoms with Crippen molar-refractivity contribution in [3.05, 3.63) is 230 Å². The van der Waals surface area contributed by atoms with Crippen molar-refractivity contribution >= 4 is 93.1 Å². The summed E-state index contributed by atoms with van der Waals surface area (Å²) in [5.41, 5.74) is 16.1. The molecule has 0 N–H and O–H groups in total. The van der Waals surface area contributed by atoms with Crippen LogP contribution in [0.15, 0.2) is 223 Å². The van der Waals surface area contributed by atoms with Gasteiger partial charge in [0.1, 0.15) is 11.2 Å². The molecule has 14 rings (SSSR count). The highest BCUT2D eigenvalue weighted by atomic mass is 16.3. The van der Waals surface area contributed by atoms with E-state index >= 15 is 0 Å². The van der Waals surface area contributed by atoms with Crippen molar-refractivity contribution in [2.75, 3.05) is 4.90 Å². The predicted molar refractivity (Wildman–Crippen MR) is 278 cm³/mol. The van der Waals surface area contributed by atoms with E-state index in [4.69, 9.17) is 4.42 Å². The van der Waals surface area contributed by atoms with Crippen LogP contribution < -0.4 is 4.90 Å². The van der Waals surface area contributed by atoms with Crippen LogP contribution >= 0.6 is 0 Å². The topological polar surface area (TPSA) is 21.3 Å². The first-order valence-electron chi connectivity index (χ1n) is 22.9. The highest BCUT2D eigenvalue weighted by Gasteiger charge is 2.36. The Morgan fingerprint density at radius 2 is 0.955 bits per heavy atom. The monoisotopic (exact) mass is 842 g/mol. The van der Waals surface area contributed by atoms with Crippen LogP contribution in [0.5, 0.6) is 0 Å². The number of furan rings is 1. The lowest BCUT2D eigenvalue weighted by molar-refractivity contribution is 0.660. The van der Waals surface area contributed by atoms with Gasteiger partial charge in [0.05, 0.1) is 11.0 Å². The molecule has 3 heteroatoms. The molecule has 0 saturated carbocycles. The standard InChI is InChI=1S/C63H42N2O/c1-63(2)54-25-13-10-22-49(54)50-34-28-39(36-55(50)63)60-61-51-23-11-14-26-56(51)65(57(61)38-59-62(60)52-24-12-15-27-58(52)66-59)42-31-29-41(30-32-42)64(40-16-4-3-5-17-40)43-33-35-48-46-20-7-6-18-44(46)45-19-8-9-21-47(45)53(48)37-43/h3-38H,1-2H3. The van der Waals surface area contributed by atoms with Gasteiger partial charge in [-0.15, -0.1) is 0 Å². The fourth-order valence-corrected chi connectivity index (χ4v) is 11.6. The lowest BCUT2D eigenvalue weighted by Crippen LogP contribution is -2.14. The average Bonchev–Trinajstić information content (AvgIpc) is 3.99. The smallest absolute Gasteiger partial charge is 0.138 e. The molecule has 0 fully saturated rings. The molecule has 0 spiro atoms. The van der Waals surface area contributed by atoms with Crippen molar-refractivity contribution in [3.8, 4) is 27.9 Å². The second-order valence-electron chi connectivity index (χ2n) is 18.4. The van der Waals surface area contributed by atoms with Gasteiger partial charge in [-0.1, -0.05) is 159 Å². The first kappa shape index (κ1) is 37.0. The first-order chi connectivity index (χ1) is 32.5. The fourth-order valence-electron chi connectivity index (χ4n) is 11.6. The third kappa shape index (κ3) is 5.20. The molecule has 13 aromatic rings. The Morgan fingerprint density at radius 1 is 0.379 bits per heavy atom. The Balaban J connectivity index is 0.978. The maximum atomic E-state index is 6.80. The number of hydrogen-bond donors (Lipinski definition) is 0. The number of para-hydroxylation sites is 3. The number of hydrogen-bond acceptors (Lipinski definition) is 2. The predicted octanol–water partition coefficient (Wildman–Crippen LogP) is 17.6. The van der Waals surface area contributed by atoms with Gasteiger partial charge in [0.2, 0.25) is 0 Å². The normalized spacial score (nSPS) is 13.1. The van der Waals surface area contributed by atoms with Gasteiger partial charge in [-0.25, -0.2) is 0 Å². The van der Waals surface area contributed by atoms with Crippen LogP contribution in [-0.2, 0) is 5.41 Å². The molecule has 2 aromatic heterocycles. The minimum absolute atomic E-state index is 0.133. The molecule has 3 nitrogen and oxygen atoms in total. The van der Waals surface area contributed by atoms with E-state index in [0.29, 0.717) is 0 Å². The van der Waals surface area contributed by atoms with Crippen molar-refractivity contribution in [1.82, 2.24) is 4.57 Å². The summed E-state index contributed by atoms with van der Waals surface area (Å²) in [6.45, 7) is 4.73. The van der Waals surface area contributed by atoms with Crippen molar-refractivity contribution in [1.29, 1.82) is 0 Å². The molecule has 2 heterocycles. The summed E-state index contributed by atoms with van der Waals surface area (Å²) in [5, 5.41) is 12.3. The van der Waals surface area contributed by atoms with E-state index in [1.807, 2.05) is 0 Å².